The molecule has 0 aliphatic heterocycles. The minimum Gasteiger partial charge on any atom is -0.439 e. The van der Waals surface area contributed by atoms with Gasteiger partial charge in [-0.25, -0.2) is 4.98 Å². The minimum absolute atomic E-state index is 0.193. The van der Waals surface area contributed by atoms with E-state index in [2.05, 4.69) is 45.8 Å². The van der Waals surface area contributed by atoms with Gasteiger partial charge in [-0.1, -0.05) is 29.8 Å². The first-order chi connectivity index (χ1) is 8.95. The first-order valence-corrected chi connectivity index (χ1v) is 7.11. The maximum absolute atomic E-state index is 5.83. The number of hydrogen-bond acceptors (Lipinski definition) is 3. The van der Waals surface area contributed by atoms with E-state index in [0.29, 0.717) is 11.8 Å². The van der Waals surface area contributed by atoms with Crippen LogP contribution >= 0.6 is 27.5 Å². The molecular formula is C14H14BrClN2O. The van der Waals surface area contributed by atoms with Crippen LogP contribution in [-0.2, 0) is 0 Å². The number of aromatic nitrogens is 2. The number of hydrogen-bond donors (Lipinski definition) is 0. The monoisotopic (exact) mass is 340 g/mol. The molecule has 1 heterocycles. The minimum atomic E-state index is 0.193. The lowest BCUT2D eigenvalue weighted by Gasteiger charge is -2.13. The van der Waals surface area contributed by atoms with Crippen LogP contribution in [0.25, 0.3) is 0 Å². The lowest BCUT2D eigenvalue weighted by molar-refractivity contribution is 0.452. The first kappa shape index (κ1) is 14.3. The molecule has 0 bridgehead atoms. The van der Waals surface area contributed by atoms with Crippen LogP contribution in [0, 0.1) is 6.92 Å². The molecule has 0 atom stereocenters. The number of nitrogens with zero attached hydrogens (tertiary/aromatic N) is 2. The van der Waals surface area contributed by atoms with Crippen LogP contribution in [0.2, 0.25) is 5.28 Å². The van der Waals surface area contributed by atoms with Crippen LogP contribution in [0.15, 0.2) is 28.7 Å². The standard InChI is InChI=1S/C14H14BrClN2O/c1-8(2)11-7-10(15)4-5-12(11)19-13-6-9(3)17-14(16)18-13/h4-8H,1-3H3. The molecule has 0 saturated carbocycles. The second-order valence-corrected chi connectivity index (χ2v) is 5.81. The molecule has 1 aromatic carbocycles. The zero-order chi connectivity index (χ0) is 14.0. The van der Waals surface area contributed by atoms with Crippen molar-refractivity contribution < 1.29 is 4.74 Å². The van der Waals surface area contributed by atoms with Crippen LogP contribution in [-0.4, -0.2) is 9.97 Å². The molecule has 0 N–H and O–H groups in total. The Kier molecular flexibility index (Phi) is 4.42. The molecule has 0 unspecified atom stereocenters. The molecule has 0 amide bonds. The van der Waals surface area contributed by atoms with E-state index in [1.807, 2.05) is 19.1 Å². The van der Waals surface area contributed by atoms with Crippen molar-refractivity contribution in [2.75, 3.05) is 0 Å². The maximum Gasteiger partial charge on any atom is 0.225 e. The van der Waals surface area contributed by atoms with Crippen molar-refractivity contribution >= 4 is 27.5 Å². The molecule has 0 radical (unpaired) electrons. The Morgan fingerprint density at radius 2 is 1.95 bits per heavy atom. The number of aryl methyl sites for hydroxylation is 1. The third-order valence-corrected chi connectivity index (χ3v) is 3.27. The highest BCUT2D eigenvalue weighted by molar-refractivity contribution is 9.10. The van der Waals surface area contributed by atoms with Crippen LogP contribution in [0.4, 0.5) is 0 Å². The Morgan fingerprint density at radius 1 is 1.21 bits per heavy atom. The zero-order valence-electron chi connectivity index (χ0n) is 10.9. The SMILES string of the molecule is Cc1cc(Oc2ccc(Br)cc2C(C)C)nc(Cl)n1. The van der Waals surface area contributed by atoms with Crippen molar-refractivity contribution in [1.82, 2.24) is 9.97 Å². The number of benzene rings is 1. The summed E-state index contributed by atoms with van der Waals surface area (Å²) in [6.45, 7) is 6.09. The highest BCUT2D eigenvalue weighted by Gasteiger charge is 2.11. The van der Waals surface area contributed by atoms with E-state index in [1.54, 1.807) is 6.07 Å². The van der Waals surface area contributed by atoms with E-state index in [0.717, 1.165) is 21.5 Å². The first-order valence-electron chi connectivity index (χ1n) is 5.94. The molecule has 100 valence electrons. The second-order valence-electron chi connectivity index (χ2n) is 4.56. The van der Waals surface area contributed by atoms with E-state index in [-0.39, 0.29) is 5.28 Å². The van der Waals surface area contributed by atoms with Gasteiger partial charge in [0, 0.05) is 16.2 Å². The predicted octanol–water partition coefficient (Wildman–Crippen LogP) is 5.12. The summed E-state index contributed by atoms with van der Waals surface area (Å²) in [6.07, 6.45) is 0. The Bertz CT molecular complexity index is 582. The van der Waals surface area contributed by atoms with Crippen LogP contribution in [0.3, 0.4) is 0 Å². The van der Waals surface area contributed by atoms with Crippen LogP contribution in [0.5, 0.6) is 11.6 Å². The van der Waals surface area contributed by atoms with Gasteiger partial charge < -0.3 is 4.74 Å². The average Bonchev–Trinajstić information content (AvgIpc) is 2.30. The zero-order valence-corrected chi connectivity index (χ0v) is 13.3. The summed E-state index contributed by atoms with van der Waals surface area (Å²) >= 11 is 9.31. The highest BCUT2D eigenvalue weighted by Crippen LogP contribution is 2.32. The number of halogens is 2. The largest absolute Gasteiger partial charge is 0.439 e. The van der Waals surface area contributed by atoms with E-state index >= 15 is 0 Å². The molecule has 19 heavy (non-hydrogen) atoms. The summed E-state index contributed by atoms with van der Waals surface area (Å²) in [5.41, 5.74) is 1.89. The van der Waals surface area contributed by atoms with Gasteiger partial charge in [-0.05, 0) is 48.2 Å². The van der Waals surface area contributed by atoms with Gasteiger partial charge in [-0.2, -0.15) is 4.98 Å². The molecule has 0 aliphatic carbocycles. The number of rotatable bonds is 3. The third kappa shape index (κ3) is 3.67. The fourth-order valence-electron chi connectivity index (χ4n) is 1.73. The van der Waals surface area contributed by atoms with Gasteiger partial charge in [-0.3, -0.25) is 0 Å². The number of ether oxygens (including phenoxy) is 1. The van der Waals surface area contributed by atoms with Crippen molar-refractivity contribution in [2.24, 2.45) is 0 Å². The van der Waals surface area contributed by atoms with Gasteiger partial charge in [0.25, 0.3) is 0 Å². The van der Waals surface area contributed by atoms with E-state index in [1.165, 1.54) is 0 Å². The van der Waals surface area contributed by atoms with Crippen molar-refractivity contribution in [3.05, 3.63) is 45.3 Å². The molecule has 2 aromatic rings. The van der Waals surface area contributed by atoms with Gasteiger partial charge in [0.1, 0.15) is 5.75 Å². The van der Waals surface area contributed by atoms with Crippen LogP contribution < -0.4 is 4.74 Å². The van der Waals surface area contributed by atoms with Gasteiger partial charge in [0.15, 0.2) is 0 Å². The molecule has 0 spiro atoms. The summed E-state index contributed by atoms with van der Waals surface area (Å²) in [7, 11) is 0. The summed E-state index contributed by atoms with van der Waals surface area (Å²) in [6, 6.07) is 7.68. The Labute approximate surface area is 126 Å². The molecule has 0 saturated heterocycles. The highest BCUT2D eigenvalue weighted by atomic mass is 79.9. The summed E-state index contributed by atoms with van der Waals surface area (Å²) < 4.78 is 6.86. The fourth-order valence-corrected chi connectivity index (χ4v) is 2.33. The topological polar surface area (TPSA) is 35.0 Å². The fraction of sp³-hybridized carbons (Fsp3) is 0.286. The summed E-state index contributed by atoms with van der Waals surface area (Å²) in [5, 5.41) is 0.193. The average molecular weight is 342 g/mol. The molecule has 3 nitrogen and oxygen atoms in total. The normalized spacial score (nSPS) is 10.8. The lowest BCUT2D eigenvalue weighted by Crippen LogP contribution is -1.97. The van der Waals surface area contributed by atoms with Crippen LogP contribution in [0.1, 0.15) is 31.0 Å². The molecule has 0 aliphatic rings. The van der Waals surface area contributed by atoms with Crippen molar-refractivity contribution in [2.45, 2.75) is 26.7 Å². The van der Waals surface area contributed by atoms with Gasteiger partial charge >= 0.3 is 0 Å². The quantitative estimate of drug-likeness (QED) is 0.727. The van der Waals surface area contributed by atoms with Crippen molar-refractivity contribution in [3.8, 4) is 11.6 Å². The Balaban J connectivity index is 2.37. The molecular weight excluding hydrogens is 328 g/mol. The summed E-state index contributed by atoms with van der Waals surface area (Å²) in [5.74, 6) is 1.60. The van der Waals surface area contributed by atoms with Gasteiger partial charge in [-0.15, -0.1) is 0 Å². The lowest BCUT2D eigenvalue weighted by atomic mass is 10.0. The molecule has 1 aromatic heterocycles. The third-order valence-electron chi connectivity index (χ3n) is 2.61. The summed E-state index contributed by atoms with van der Waals surface area (Å²) in [4.78, 5) is 8.09. The van der Waals surface area contributed by atoms with Crippen molar-refractivity contribution in [1.29, 1.82) is 0 Å². The predicted molar refractivity (Wildman–Crippen MR) is 80.1 cm³/mol. The molecule has 5 heteroatoms. The Morgan fingerprint density at radius 3 is 2.58 bits per heavy atom. The van der Waals surface area contributed by atoms with Crippen molar-refractivity contribution in [3.63, 3.8) is 0 Å². The van der Waals surface area contributed by atoms with Gasteiger partial charge in [0.2, 0.25) is 11.2 Å². The van der Waals surface area contributed by atoms with E-state index in [4.69, 9.17) is 16.3 Å². The van der Waals surface area contributed by atoms with Gasteiger partial charge in [0.05, 0.1) is 0 Å². The molecule has 0 fully saturated rings. The Hall–Kier alpha value is -1.13. The smallest absolute Gasteiger partial charge is 0.225 e. The van der Waals surface area contributed by atoms with E-state index < -0.39 is 0 Å². The second kappa shape index (κ2) is 5.88. The van der Waals surface area contributed by atoms with E-state index in [9.17, 15) is 0 Å². The molecule has 2 rings (SSSR count). The maximum atomic E-state index is 5.83.